The molecule has 6 atom stereocenters. The number of carbonyl (C=O) groups excluding carboxylic acids is 2. The normalized spacial score (nSPS) is 38.7. The molecule has 6 heteroatoms. The van der Waals surface area contributed by atoms with Crippen molar-refractivity contribution >= 4 is 11.9 Å². The number of fused-ring (bicyclic) bond motifs is 1. The number of aliphatic hydroxyl groups is 1. The third kappa shape index (κ3) is 3.31. The maximum absolute atomic E-state index is 12.9. The molecule has 3 aliphatic rings. The molecule has 2 fully saturated rings. The van der Waals surface area contributed by atoms with Crippen LogP contribution in [0.15, 0.2) is 12.2 Å². The third-order valence-electron chi connectivity index (χ3n) is 6.65. The summed E-state index contributed by atoms with van der Waals surface area (Å²) in [6.45, 7) is 5.41. The van der Waals surface area contributed by atoms with Gasteiger partial charge >= 0.3 is 5.97 Å². The van der Waals surface area contributed by atoms with Gasteiger partial charge in [0.1, 0.15) is 11.7 Å². The van der Waals surface area contributed by atoms with Crippen molar-refractivity contribution in [1.29, 1.82) is 0 Å². The smallest absolute Gasteiger partial charge is 0.303 e. The van der Waals surface area contributed by atoms with E-state index < -0.39 is 29.5 Å². The average Bonchev–Trinajstić information content (AvgIpc) is 2.81. The van der Waals surface area contributed by atoms with Crippen LogP contribution in [0.5, 0.6) is 0 Å². The molecule has 152 valence electrons. The predicted molar refractivity (Wildman–Crippen MR) is 101 cm³/mol. The maximum Gasteiger partial charge on any atom is 0.303 e. The van der Waals surface area contributed by atoms with Crippen LogP contribution in [0.25, 0.3) is 0 Å². The van der Waals surface area contributed by atoms with E-state index in [4.69, 9.17) is 9.47 Å². The van der Waals surface area contributed by atoms with Crippen molar-refractivity contribution in [2.45, 2.75) is 95.7 Å². The summed E-state index contributed by atoms with van der Waals surface area (Å²) in [6.07, 6.45) is 10.2. The second-order valence-corrected chi connectivity index (χ2v) is 8.39. The lowest BCUT2D eigenvalue weighted by Crippen LogP contribution is -2.82. The highest BCUT2D eigenvalue weighted by molar-refractivity contribution is 5.86. The molecule has 0 spiro atoms. The van der Waals surface area contributed by atoms with E-state index in [-0.39, 0.29) is 17.7 Å². The fourth-order valence-electron chi connectivity index (χ4n) is 5.17. The zero-order chi connectivity index (χ0) is 19.7. The molecule has 2 N–H and O–H groups in total. The molecule has 0 aromatic heterocycles. The average molecular weight is 379 g/mol. The first kappa shape index (κ1) is 20.3. The Labute approximate surface area is 161 Å². The quantitative estimate of drug-likeness (QED) is 0.385. The van der Waals surface area contributed by atoms with E-state index in [0.717, 1.165) is 44.9 Å². The van der Waals surface area contributed by atoms with Gasteiger partial charge in [0.15, 0.2) is 11.8 Å². The van der Waals surface area contributed by atoms with Crippen LogP contribution in [0.4, 0.5) is 0 Å². The van der Waals surface area contributed by atoms with Gasteiger partial charge in [0.25, 0.3) is 0 Å². The van der Waals surface area contributed by atoms with E-state index in [1.807, 2.05) is 6.92 Å². The monoisotopic (exact) mass is 379 g/mol. The van der Waals surface area contributed by atoms with Gasteiger partial charge in [-0.15, -0.1) is 0 Å². The highest BCUT2D eigenvalue weighted by Gasteiger charge is 2.78. The Morgan fingerprint density at radius 1 is 1.44 bits per heavy atom. The summed E-state index contributed by atoms with van der Waals surface area (Å²) in [6, 6.07) is 0. The zero-order valence-corrected chi connectivity index (χ0v) is 16.7. The van der Waals surface area contributed by atoms with E-state index >= 15 is 0 Å². The van der Waals surface area contributed by atoms with E-state index in [1.165, 1.54) is 6.92 Å². The molecule has 1 unspecified atom stereocenters. The summed E-state index contributed by atoms with van der Waals surface area (Å²) >= 11 is 0. The molecule has 0 bridgehead atoms. The molecule has 0 radical (unpaired) electrons. The minimum absolute atomic E-state index is 0.0420. The van der Waals surface area contributed by atoms with Gasteiger partial charge in [0.2, 0.25) is 5.91 Å². The van der Waals surface area contributed by atoms with Crippen LogP contribution in [-0.4, -0.2) is 40.5 Å². The van der Waals surface area contributed by atoms with Gasteiger partial charge in [-0.05, 0) is 32.6 Å². The largest absolute Gasteiger partial charge is 0.459 e. The number of hydrogen-bond donors (Lipinski definition) is 2. The van der Waals surface area contributed by atoms with Gasteiger partial charge in [-0.25, -0.2) is 0 Å². The van der Waals surface area contributed by atoms with Crippen molar-refractivity contribution in [2.24, 2.45) is 11.8 Å². The lowest BCUT2D eigenvalue weighted by Gasteiger charge is -2.60. The van der Waals surface area contributed by atoms with Crippen molar-refractivity contribution in [3.63, 3.8) is 0 Å². The molecule has 2 heterocycles. The van der Waals surface area contributed by atoms with Crippen LogP contribution < -0.4 is 5.32 Å². The molecule has 6 nitrogen and oxygen atoms in total. The highest BCUT2D eigenvalue weighted by atomic mass is 16.7. The van der Waals surface area contributed by atoms with Gasteiger partial charge in [-0.1, -0.05) is 44.8 Å². The molecule has 2 aliphatic heterocycles. The number of unbranched alkanes of at least 4 members (excludes halogenated alkanes) is 3. The summed E-state index contributed by atoms with van der Waals surface area (Å²) in [7, 11) is 0. The van der Waals surface area contributed by atoms with E-state index in [0.29, 0.717) is 6.42 Å². The first-order valence-electron chi connectivity index (χ1n) is 10.4. The molecule has 27 heavy (non-hydrogen) atoms. The number of carbonyl (C=O) groups is 2. The minimum atomic E-state index is -1.17. The molecule has 2 saturated heterocycles. The fourth-order valence-corrected chi connectivity index (χ4v) is 5.17. The number of ether oxygens (including phenoxy) is 2. The molecule has 1 aliphatic carbocycles. The fraction of sp³-hybridized carbons (Fsp3) is 0.810. The minimum Gasteiger partial charge on any atom is -0.459 e. The number of amides is 1. The zero-order valence-electron chi connectivity index (χ0n) is 16.7. The summed E-state index contributed by atoms with van der Waals surface area (Å²) in [5, 5.41) is 13.7. The Morgan fingerprint density at radius 2 is 2.22 bits per heavy atom. The van der Waals surface area contributed by atoms with Gasteiger partial charge in [0, 0.05) is 12.8 Å². The second kappa shape index (κ2) is 7.92. The Hall–Kier alpha value is -1.40. The molecule has 0 aromatic rings. The number of nitrogens with one attached hydrogen (secondary N) is 1. The van der Waals surface area contributed by atoms with E-state index in [1.54, 1.807) is 0 Å². The molecule has 3 rings (SSSR count). The Bertz CT molecular complexity index is 605. The SMILES string of the molecule is CCCCCC[C@H]1C(=O)N[C@@]2([C@@H](OC(C)=O)[C@@H]3C=CCCC3)C(O)O[C@@]12C. The van der Waals surface area contributed by atoms with Crippen molar-refractivity contribution in [1.82, 2.24) is 5.32 Å². The number of hydrogen-bond acceptors (Lipinski definition) is 5. The highest BCUT2D eigenvalue weighted by Crippen LogP contribution is 2.56. The number of rotatable bonds is 8. The summed E-state index contributed by atoms with van der Waals surface area (Å²) in [4.78, 5) is 24.7. The van der Waals surface area contributed by atoms with Gasteiger partial charge in [-0.2, -0.15) is 0 Å². The number of esters is 1. The lowest BCUT2D eigenvalue weighted by molar-refractivity contribution is -0.370. The van der Waals surface area contributed by atoms with Gasteiger partial charge in [-0.3, -0.25) is 9.59 Å². The van der Waals surface area contributed by atoms with Gasteiger partial charge in [0.05, 0.1) is 5.92 Å². The standard InChI is InChI=1S/C21H33NO5/c1-4-5-6-10-13-16-18(24)22-21(19(25)27-20(16,21)3)17(26-14(2)23)15-11-8-7-9-12-15/h8,11,15-17,19,25H,4-7,9-10,12-13H2,1-3H3,(H,22,24)/t15-,16+,17+,19?,20+,21+/m1/s1. The van der Waals surface area contributed by atoms with Crippen molar-refractivity contribution < 1.29 is 24.2 Å². The molecular weight excluding hydrogens is 346 g/mol. The molecule has 1 amide bonds. The summed E-state index contributed by atoms with van der Waals surface area (Å²) in [5.74, 6) is -0.902. The van der Waals surface area contributed by atoms with Crippen LogP contribution in [-0.2, 0) is 19.1 Å². The third-order valence-corrected chi connectivity index (χ3v) is 6.65. The number of allylic oxidation sites excluding steroid dienone is 1. The topological polar surface area (TPSA) is 84.9 Å². The van der Waals surface area contributed by atoms with Crippen LogP contribution in [0.3, 0.4) is 0 Å². The Balaban J connectivity index is 1.88. The first-order chi connectivity index (χ1) is 12.9. The van der Waals surface area contributed by atoms with Crippen LogP contribution in [0, 0.1) is 11.8 Å². The van der Waals surface area contributed by atoms with Gasteiger partial charge < -0.3 is 19.9 Å². The van der Waals surface area contributed by atoms with Crippen LogP contribution in [0.2, 0.25) is 0 Å². The molecule has 0 aromatic carbocycles. The summed E-state index contributed by atoms with van der Waals surface area (Å²) in [5.41, 5.74) is -1.96. The summed E-state index contributed by atoms with van der Waals surface area (Å²) < 4.78 is 11.5. The first-order valence-corrected chi connectivity index (χ1v) is 10.4. The van der Waals surface area contributed by atoms with E-state index in [9.17, 15) is 14.7 Å². The van der Waals surface area contributed by atoms with Crippen LogP contribution in [0.1, 0.15) is 72.1 Å². The van der Waals surface area contributed by atoms with Crippen molar-refractivity contribution in [2.75, 3.05) is 0 Å². The second-order valence-electron chi connectivity index (χ2n) is 8.39. The van der Waals surface area contributed by atoms with Crippen molar-refractivity contribution in [3.8, 4) is 0 Å². The van der Waals surface area contributed by atoms with Crippen molar-refractivity contribution in [3.05, 3.63) is 12.2 Å². The van der Waals surface area contributed by atoms with E-state index in [2.05, 4.69) is 24.4 Å². The lowest BCUT2D eigenvalue weighted by atomic mass is 9.63. The maximum atomic E-state index is 12.9. The number of aliphatic hydroxyl groups excluding tert-OH is 1. The molecule has 0 saturated carbocycles. The molecular formula is C21H33NO5. The Kier molecular flexibility index (Phi) is 5.96. The Morgan fingerprint density at radius 3 is 2.81 bits per heavy atom. The predicted octanol–water partition coefficient (Wildman–Crippen LogP) is 2.84. The van der Waals surface area contributed by atoms with Crippen LogP contribution >= 0.6 is 0 Å².